The summed E-state index contributed by atoms with van der Waals surface area (Å²) < 4.78 is 10.4. The lowest BCUT2D eigenvalue weighted by molar-refractivity contribution is -0.130. The molecule has 0 fully saturated rings. The zero-order chi connectivity index (χ0) is 12.4. The van der Waals surface area contributed by atoms with Crippen molar-refractivity contribution >= 4 is 5.97 Å². The van der Waals surface area contributed by atoms with Crippen molar-refractivity contribution < 1.29 is 19.4 Å². The van der Waals surface area contributed by atoms with Crippen molar-refractivity contribution in [3.63, 3.8) is 0 Å². The Labute approximate surface area is 99.5 Å². The Balaban J connectivity index is 2.18. The molecule has 0 aromatic heterocycles. The van der Waals surface area contributed by atoms with E-state index in [1.807, 2.05) is 0 Å². The second-order valence-electron chi connectivity index (χ2n) is 4.11. The van der Waals surface area contributed by atoms with Crippen LogP contribution in [0.25, 0.3) is 0 Å². The molecular formula is C13H14O4. The topological polar surface area (TPSA) is 55.8 Å². The average Bonchev–Trinajstić information content (AvgIpc) is 2.28. The third-order valence-electron chi connectivity index (χ3n) is 2.48. The number of aliphatic hydroxyl groups excluding tert-OH is 1. The van der Waals surface area contributed by atoms with Crippen LogP contribution in [-0.2, 0) is 11.2 Å². The zero-order valence-electron chi connectivity index (χ0n) is 9.60. The fourth-order valence-corrected chi connectivity index (χ4v) is 1.61. The first-order chi connectivity index (χ1) is 8.06. The van der Waals surface area contributed by atoms with Crippen LogP contribution in [0.15, 0.2) is 30.4 Å². The maximum absolute atomic E-state index is 11.3. The molecule has 17 heavy (non-hydrogen) atoms. The average molecular weight is 234 g/mol. The minimum atomic E-state index is -0.505. The number of esters is 1. The molecule has 0 radical (unpaired) electrons. The van der Waals surface area contributed by atoms with E-state index in [4.69, 9.17) is 9.47 Å². The van der Waals surface area contributed by atoms with E-state index < -0.39 is 12.1 Å². The molecule has 0 aliphatic carbocycles. The van der Waals surface area contributed by atoms with Gasteiger partial charge in [-0.25, -0.2) is 4.79 Å². The Morgan fingerprint density at radius 3 is 3.06 bits per heavy atom. The molecule has 4 nitrogen and oxygen atoms in total. The Kier molecular flexibility index (Phi) is 3.15. The van der Waals surface area contributed by atoms with E-state index in [9.17, 15) is 9.90 Å². The zero-order valence-corrected chi connectivity index (χ0v) is 9.60. The molecule has 1 atom stereocenters. The van der Waals surface area contributed by atoms with E-state index in [1.165, 1.54) is 0 Å². The van der Waals surface area contributed by atoms with Crippen LogP contribution < -0.4 is 9.47 Å². The molecule has 1 aliphatic heterocycles. The van der Waals surface area contributed by atoms with Crippen molar-refractivity contribution in [1.82, 2.24) is 0 Å². The van der Waals surface area contributed by atoms with Crippen LogP contribution in [0.4, 0.5) is 0 Å². The van der Waals surface area contributed by atoms with Crippen molar-refractivity contribution in [3.8, 4) is 11.5 Å². The third kappa shape index (κ3) is 2.65. The molecule has 0 saturated carbocycles. The van der Waals surface area contributed by atoms with Crippen LogP contribution in [0, 0.1) is 0 Å². The standard InChI is InChI=1S/C13H14O4/c1-8(2)13(15)17-11-3-4-12-9(6-11)5-10(14)7-16-12/h3-4,6,10,14H,1,5,7H2,2H3. The van der Waals surface area contributed by atoms with Crippen LogP contribution in [0.1, 0.15) is 12.5 Å². The van der Waals surface area contributed by atoms with Crippen LogP contribution in [0.2, 0.25) is 0 Å². The number of fused-ring (bicyclic) bond motifs is 1. The Morgan fingerprint density at radius 2 is 2.35 bits per heavy atom. The smallest absolute Gasteiger partial charge is 0.338 e. The second kappa shape index (κ2) is 4.59. The number of rotatable bonds is 2. The molecule has 90 valence electrons. The highest BCUT2D eigenvalue weighted by atomic mass is 16.5. The molecule has 4 heteroatoms. The summed E-state index contributed by atoms with van der Waals surface area (Å²) in [6, 6.07) is 5.11. The summed E-state index contributed by atoms with van der Waals surface area (Å²) in [5.74, 6) is 0.710. The van der Waals surface area contributed by atoms with E-state index in [0.717, 1.165) is 11.3 Å². The third-order valence-corrected chi connectivity index (χ3v) is 2.48. The summed E-state index contributed by atoms with van der Waals surface area (Å²) in [6.07, 6.45) is 0.00273. The maximum atomic E-state index is 11.3. The fourth-order valence-electron chi connectivity index (χ4n) is 1.61. The molecule has 1 unspecified atom stereocenters. The van der Waals surface area contributed by atoms with Gasteiger partial charge >= 0.3 is 5.97 Å². The molecule has 1 aromatic carbocycles. The van der Waals surface area contributed by atoms with Crippen molar-refractivity contribution in [2.45, 2.75) is 19.4 Å². The number of hydrogen-bond donors (Lipinski definition) is 1. The summed E-state index contributed by atoms with van der Waals surface area (Å²) >= 11 is 0. The highest BCUT2D eigenvalue weighted by Crippen LogP contribution is 2.28. The first kappa shape index (κ1) is 11.7. The van der Waals surface area contributed by atoms with Crippen molar-refractivity contribution in [3.05, 3.63) is 35.9 Å². The molecule has 0 spiro atoms. The summed E-state index contributed by atoms with van der Waals surface area (Å²) in [5.41, 5.74) is 1.19. The molecule has 1 aliphatic rings. The molecule has 0 saturated heterocycles. The lowest BCUT2D eigenvalue weighted by Gasteiger charge is -2.21. The molecule has 1 N–H and O–H groups in total. The van der Waals surface area contributed by atoms with Crippen LogP contribution >= 0.6 is 0 Å². The first-order valence-corrected chi connectivity index (χ1v) is 5.38. The van der Waals surface area contributed by atoms with Crippen molar-refractivity contribution in [2.75, 3.05) is 6.61 Å². The van der Waals surface area contributed by atoms with Crippen LogP contribution in [0.3, 0.4) is 0 Å². The minimum Gasteiger partial charge on any atom is -0.491 e. The normalized spacial score (nSPS) is 17.9. The summed E-state index contributed by atoms with van der Waals surface area (Å²) in [5, 5.41) is 9.47. The Hall–Kier alpha value is -1.81. The first-order valence-electron chi connectivity index (χ1n) is 5.38. The summed E-state index contributed by atoms with van der Waals surface area (Å²) in [7, 11) is 0. The van der Waals surface area contributed by atoms with Gasteiger partial charge in [0, 0.05) is 17.6 Å². The van der Waals surface area contributed by atoms with E-state index in [0.29, 0.717) is 24.4 Å². The van der Waals surface area contributed by atoms with Gasteiger partial charge in [-0.3, -0.25) is 0 Å². The van der Waals surface area contributed by atoms with E-state index >= 15 is 0 Å². The lowest BCUT2D eigenvalue weighted by atomic mass is 10.0. The Bertz CT molecular complexity index is 464. The van der Waals surface area contributed by atoms with Gasteiger partial charge in [0.25, 0.3) is 0 Å². The SMILES string of the molecule is C=C(C)C(=O)Oc1ccc2c(c1)CC(O)CO2. The second-order valence-corrected chi connectivity index (χ2v) is 4.11. The molecule has 0 amide bonds. The molecule has 1 aromatic rings. The predicted molar refractivity (Wildman–Crippen MR) is 62.1 cm³/mol. The number of carbonyl (C=O) groups excluding carboxylic acids is 1. The van der Waals surface area contributed by atoms with Gasteiger partial charge in [0.2, 0.25) is 0 Å². The summed E-state index contributed by atoms with van der Waals surface area (Å²) in [6.45, 7) is 5.41. The number of carbonyl (C=O) groups is 1. The van der Waals surface area contributed by atoms with Gasteiger partial charge in [-0.2, -0.15) is 0 Å². The predicted octanol–water partition coefficient (Wildman–Crippen LogP) is 1.46. The van der Waals surface area contributed by atoms with Crippen LogP contribution in [-0.4, -0.2) is 23.8 Å². The maximum Gasteiger partial charge on any atom is 0.338 e. The molecule has 2 rings (SSSR count). The highest BCUT2D eigenvalue weighted by Gasteiger charge is 2.18. The number of aliphatic hydroxyl groups is 1. The van der Waals surface area contributed by atoms with E-state index in [-0.39, 0.29) is 0 Å². The molecular weight excluding hydrogens is 220 g/mol. The van der Waals surface area contributed by atoms with Gasteiger partial charge in [-0.15, -0.1) is 0 Å². The van der Waals surface area contributed by atoms with E-state index in [2.05, 4.69) is 6.58 Å². The largest absolute Gasteiger partial charge is 0.491 e. The van der Waals surface area contributed by atoms with Gasteiger partial charge < -0.3 is 14.6 Å². The fraction of sp³-hybridized carbons (Fsp3) is 0.308. The lowest BCUT2D eigenvalue weighted by Crippen LogP contribution is -2.25. The van der Waals surface area contributed by atoms with Gasteiger partial charge in [0.1, 0.15) is 18.1 Å². The van der Waals surface area contributed by atoms with Crippen molar-refractivity contribution in [1.29, 1.82) is 0 Å². The highest BCUT2D eigenvalue weighted by molar-refractivity contribution is 5.88. The quantitative estimate of drug-likeness (QED) is 0.478. The minimum absolute atomic E-state index is 0.303. The number of hydrogen-bond acceptors (Lipinski definition) is 4. The molecule has 0 bridgehead atoms. The summed E-state index contributed by atoms with van der Waals surface area (Å²) in [4.78, 5) is 11.3. The van der Waals surface area contributed by atoms with Crippen molar-refractivity contribution in [2.24, 2.45) is 0 Å². The van der Waals surface area contributed by atoms with Gasteiger partial charge in [0.05, 0.1) is 6.10 Å². The van der Waals surface area contributed by atoms with Gasteiger partial charge in [0.15, 0.2) is 0 Å². The van der Waals surface area contributed by atoms with Gasteiger partial charge in [-0.05, 0) is 25.1 Å². The Morgan fingerprint density at radius 1 is 1.59 bits per heavy atom. The molecule has 1 heterocycles. The monoisotopic (exact) mass is 234 g/mol. The number of ether oxygens (including phenoxy) is 2. The number of benzene rings is 1. The van der Waals surface area contributed by atoms with Gasteiger partial charge in [-0.1, -0.05) is 6.58 Å². The van der Waals surface area contributed by atoms with E-state index in [1.54, 1.807) is 25.1 Å². The van der Waals surface area contributed by atoms with Crippen LogP contribution in [0.5, 0.6) is 11.5 Å².